The summed E-state index contributed by atoms with van der Waals surface area (Å²) in [6, 6.07) is 0.706. The van der Waals surface area contributed by atoms with Crippen LogP contribution in [0, 0.1) is 11.8 Å². The standard InChI is InChI=1S/C9H15N/c1-5-4-8-6(2)7(3)9(8)10-5/h5-7,10H,4H2,1-3H3/t5-,6?,7?/m0/s1. The number of allylic oxidation sites excluding steroid dienone is 1. The van der Waals surface area contributed by atoms with Crippen LogP contribution in [0.4, 0.5) is 0 Å². The van der Waals surface area contributed by atoms with Crippen LogP contribution < -0.4 is 5.32 Å². The Hall–Kier alpha value is -0.460. The number of hydrogen-bond donors (Lipinski definition) is 1. The van der Waals surface area contributed by atoms with Crippen molar-refractivity contribution in [3.8, 4) is 0 Å². The van der Waals surface area contributed by atoms with Gasteiger partial charge in [-0.2, -0.15) is 0 Å². The van der Waals surface area contributed by atoms with E-state index in [0.29, 0.717) is 6.04 Å². The van der Waals surface area contributed by atoms with E-state index in [0.717, 1.165) is 11.8 Å². The molecule has 0 radical (unpaired) electrons. The largest absolute Gasteiger partial charge is 0.385 e. The minimum atomic E-state index is 0.706. The van der Waals surface area contributed by atoms with Crippen LogP contribution in [0.25, 0.3) is 0 Å². The molecule has 0 bridgehead atoms. The lowest BCUT2D eigenvalue weighted by molar-refractivity contribution is 0.417. The van der Waals surface area contributed by atoms with Crippen LogP contribution in [-0.2, 0) is 0 Å². The normalized spacial score (nSPS) is 44.5. The summed E-state index contributed by atoms with van der Waals surface area (Å²) in [5.74, 6) is 1.66. The molecule has 1 nitrogen and oxygen atoms in total. The highest BCUT2D eigenvalue weighted by molar-refractivity contribution is 5.34. The Labute approximate surface area is 62.5 Å². The van der Waals surface area contributed by atoms with E-state index in [1.54, 1.807) is 11.3 Å². The van der Waals surface area contributed by atoms with Gasteiger partial charge in [-0.05, 0) is 24.8 Å². The van der Waals surface area contributed by atoms with Crippen molar-refractivity contribution in [2.75, 3.05) is 0 Å². The zero-order valence-corrected chi connectivity index (χ0v) is 6.94. The van der Waals surface area contributed by atoms with Crippen molar-refractivity contribution in [2.45, 2.75) is 33.2 Å². The molecule has 1 heterocycles. The molecular formula is C9H15N. The lowest BCUT2D eigenvalue weighted by Gasteiger charge is -2.33. The summed E-state index contributed by atoms with van der Waals surface area (Å²) in [6.07, 6.45) is 1.29. The van der Waals surface area contributed by atoms with Crippen LogP contribution >= 0.6 is 0 Å². The molecule has 1 heteroatoms. The predicted octanol–water partition coefficient (Wildman–Crippen LogP) is 1.91. The van der Waals surface area contributed by atoms with E-state index < -0.39 is 0 Å². The SMILES string of the molecule is CC1C2=C(N[C@@H](C)C2)C1C. The highest BCUT2D eigenvalue weighted by atomic mass is 15.0. The summed E-state index contributed by atoms with van der Waals surface area (Å²) in [5, 5.41) is 3.51. The van der Waals surface area contributed by atoms with Gasteiger partial charge in [-0.3, -0.25) is 0 Å². The average Bonchev–Trinajstić information content (AvgIpc) is 2.27. The smallest absolute Gasteiger partial charge is 0.0268 e. The Morgan fingerprint density at radius 1 is 1.20 bits per heavy atom. The highest BCUT2D eigenvalue weighted by Crippen LogP contribution is 2.44. The third kappa shape index (κ3) is 0.582. The Balaban J connectivity index is 2.19. The lowest BCUT2D eigenvalue weighted by atomic mass is 9.74. The van der Waals surface area contributed by atoms with E-state index in [9.17, 15) is 0 Å². The monoisotopic (exact) mass is 137 g/mol. The topological polar surface area (TPSA) is 12.0 Å². The summed E-state index contributed by atoms with van der Waals surface area (Å²) in [7, 11) is 0. The molecule has 0 amide bonds. The number of rotatable bonds is 0. The van der Waals surface area contributed by atoms with Crippen LogP contribution in [0.15, 0.2) is 11.3 Å². The van der Waals surface area contributed by atoms with Crippen molar-refractivity contribution in [3.63, 3.8) is 0 Å². The summed E-state index contributed by atoms with van der Waals surface area (Å²) in [5.41, 5.74) is 3.25. The van der Waals surface area contributed by atoms with Gasteiger partial charge in [0.25, 0.3) is 0 Å². The van der Waals surface area contributed by atoms with Crippen molar-refractivity contribution in [1.82, 2.24) is 5.32 Å². The molecular weight excluding hydrogens is 122 g/mol. The van der Waals surface area contributed by atoms with Gasteiger partial charge in [-0.1, -0.05) is 13.8 Å². The Morgan fingerprint density at radius 3 is 2.50 bits per heavy atom. The van der Waals surface area contributed by atoms with Gasteiger partial charge in [-0.15, -0.1) is 0 Å². The van der Waals surface area contributed by atoms with E-state index in [1.807, 2.05) is 0 Å². The molecule has 0 saturated carbocycles. The van der Waals surface area contributed by atoms with Crippen molar-refractivity contribution >= 4 is 0 Å². The molecule has 1 aliphatic carbocycles. The van der Waals surface area contributed by atoms with E-state index in [1.165, 1.54) is 6.42 Å². The third-order valence-corrected chi connectivity index (χ3v) is 3.03. The van der Waals surface area contributed by atoms with Gasteiger partial charge in [0.05, 0.1) is 0 Å². The fourth-order valence-electron chi connectivity index (χ4n) is 2.16. The second-order valence-electron chi connectivity index (χ2n) is 3.77. The van der Waals surface area contributed by atoms with Gasteiger partial charge in [0, 0.05) is 17.7 Å². The quantitative estimate of drug-likeness (QED) is 0.537. The Kier molecular flexibility index (Phi) is 1.11. The van der Waals surface area contributed by atoms with Crippen LogP contribution in [0.3, 0.4) is 0 Å². The minimum absolute atomic E-state index is 0.706. The van der Waals surface area contributed by atoms with Crippen LogP contribution in [-0.4, -0.2) is 6.04 Å². The van der Waals surface area contributed by atoms with E-state index in [4.69, 9.17) is 0 Å². The van der Waals surface area contributed by atoms with E-state index >= 15 is 0 Å². The maximum Gasteiger partial charge on any atom is 0.0268 e. The third-order valence-electron chi connectivity index (χ3n) is 3.03. The Bertz CT molecular complexity index is 173. The van der Waals surface area contributed by atoms with E-state index in [-0.39, 0.29) is 0 Å². The average molecular weight is 137 g/mol. The molecule has 1 N–H and O–H groups in total. The fourth-order valence-corrected chi connectivity index (χ4v) is 2.16. The van der Waals surface area contributed by atoms with Crippen LogP contribution in [0.1, 0.15) is 27.2 Å². The van der Waals surface area contributed by atoms with Crippen molar-refractivity contribution in [1.29, 1.82) is 0 Å². The molecule has 0 spiro atoms. The van der Waals surface area contributed by atoms with Crippen molar-refractivity contribution in [2.24, 2.45) is 11.8 Å². The van der Waals surface area contributed by atoms with Gasteiger partial charge in [0.2, 0.25) is 0 Å². The predicted molar refractivity (Wildman–Crippen MR) is 42.6 cm³/mol. The maximum absolute atomic E-state index is 3.51. The van der Waals surface area contributed by atoms with Gasteiger partial charge in [-0.25, -0.2) is 0 Å². The first-order valence-electron chi connectivity index (χ1n) is 4.19. The molecule has 0 aromatic heterocycles. The highest BCUT2D eigenvalue weighted by Gasteiger charge is 2.38. The zero-order chi connectivity index (χ0) is 7.30. The Morgan fingerprint density at radius 2 is 1.90 bits per heavy atom. The zero-order valence-electron chi connectivity index (χ0n) is 6.94. The molecule has 2 aliphatic rings. The molecule has 2 unspecified atom stereocenters. The minimum Gasteiger partial charge on any atom is -0.385 e. The molecule has 0 aromatic carbocycles. The van der Waals surface area contributed by atoms with Crippen LogP contribution in [0.5, 0.6) is 0 Å². The molecule has 2 rings (SSSR count). The molecule has 10 heavy (non-hydrogen) atoms. The first kappa shape index (κ1) is 6.26. The lowest BCUT2D eigenvalue weighted by Crippen LogP contribution is -2.29. The first-order valence-corrected chi connectivity index (χ1v) is 4.19. The molecule has 0 aromatic rings. The molecule has 1 aliphatic heterocycles. The molecule has 0 saturated heterocycles. The summed E-state index contributed by atoms with van der Waals surface area (Å²) in [6.45, 7) is 6.91. The van der Waals surface area contributed by atoms with Gasteiger partial charge in [0.15, 0.2) is 0 Å². The summed E-state index contributed by atoms with van der Waals surface area (Å²) < 4.78 is 0. The van der Waals surface area contributed by atoms with Crippen molar-refractivity contribution < 1.29 is 0 Å². The van der Waals surface area contributed by atoms with Crippen molar-refractivity contribution in [3.05, 3.63) is 11.3 Å². The van der Waals surface area contributed by atoms with E-state index in [2.05, 4.69) is 26.1 Å². The van der Waals surface area contributed by atoms with Gasteiger partial charge in [0.1, 0.15) is 0 Å². The second-order valence-corrected chi connectivity index (χ2v) is 3.77. The maximum atomic E-state index is 3.51. The molecule has 0 fully saturated rings. The molecule has 56 valence electrons. The summed E-state index contributed by atoms with van der Waals surface area (Å²) >= 11 is 0. The summed E-state index contributed by atoms with van der Waals surface area (Å²) in [4.78, 5) is 0. The number of nitrogens with one attached hydrogen (secondary N) is 1. The van der Waals surface area contributed by atoms with Gasteiger partial charge < -0.3 is 5.32 Å². The fraction of sp³-hybridized carbons (Fsp3) is 0.778. The first-order chi connectivity index (χ1) is 4.70. The van der Waals surface area contributed by atoms with Crippen LogP contribution in [0.2, 0.25) is 0 Å². The number of hydrogen-bond acceptors (Lipinski definition) is 1. The molecule has 3 atom stereocenters. The second kappa shape index (κ2) is 1.77. The van der Waals surface area contributed by atoms with Gasteiger partial charge >= 0.3 is 0 Å².